The van der Waals surface area contributed by atoms with Crippen molar-refractivity contribution in [2.24, 2.45) is 4.99 Å². The van der Waals surface area contributed by atoms with Gasteiger partial charge in [-0.15, -0.1) is 0 Å². The first-order valence-corrected chi connectivity index (χ1v) is 10.7. The molecule has 0 saturated carbocycles. The van der Waals surface area contributed by atoms with Gasteiger partial charge < -0.3 is 19.5 Å². The van der Waals surface area contributed by atoms with Crippen LogP contribution in [0.3, 0.4) is 0 Å². The maximum absolute atomic E-state index is 12.3. The zero-order valence-electron chi connectivity index (χ0n) is 16.6. The third-order valence-corrected chi connectivity index (χ3v) is 5.38. The summed E-state index contributed by atoms with van der Waals surface area (Å²) in [6.45, 7) is 2.18. The summed E-state index contributed by atoms with van der Waals surface area (Å²) >= 11 is 13.6. The van der Waals surface area contributed by atoms with Gasteiger partial charge in [0.25, 0.3) is 5.91 Å². The van der Waals surface area contributed by atoms with Crippen LogP contribution in [-0.4, -0.2) is 37.4 Å². The first kappa shape index (κ1) is 23.0. The van der Waals surface area contributed by atoms with Crippen molar-refractivity contribution >= 4 is 63.8 Å². The third kappa shape index (κ3) is 6.16. The lowest BCUT2D eigenvalue weighted by atomic mass is 10.2. The number of halogens is 2. The Bertz CT molecular complexity index is 1030. The van der Waals surface area contributed by atoms with Crippen molar-refractivity contribution in [2.45, 2.75) is 6.92 Å². The number of nitrogens with zero attached hydrogens (tertiary/aromatic N) is 1. The molecule has 0 bridgehead atoms. The standard InChI is InChI=1S/C21H18Cl2N2O5S/c1-3-29-14-6-4-13(5-7-14)24-21-25-20(27)17(31-21)10-12-8-15(22)19(16(23)9-12)30-11-18(26)28-2/h4-10H,3,11H2,1-2H3,(H,24,25,27)/b17-10+. The van der Waals surface area contributed by atoms with E-state index >= 15 is 0 Å². The maximum Gasteiger partial charge on any atom is 0.343 e. The molecule has 2 aromatic rings. The fraction of sp³-hybridized carbons (Fsp3) is 0.190. The number of aliphatic imine (C=N–C) groups is 1. The Balaban J connectivity index is 1.74. The number of esters is 1. The minimum absolute atomic E-state index is 0.164. The maximum atomic E-state index is 12.3. The first-order valence-electron chi connectivity index (χ1n) is 9.10. The van der Waals surface area contributed by atoms with E-state index < -0.39 is 5.97 Å². The van der Waals surface area contributed by atoms with E-state index in [0.717, 1.165) is 5.75 Å². The normalized spacial score (nSPS) is 15.8. The van der Waals surface area contributed by atoms with Crippen LogP contribution in [0.1, 0.15) is 12.5 Å². The van der Waals surface area contributed by atoms with Crippen molar-refractivity contribution in [3.05, 3.63) is 56.9 Å². The second-order valence-electron chi connectivity index (χ2n) is 6.09. The molecule has 1 aliphatic rings. The van der Waals surface area contributed by atoms with Crippen LogP contribution in [-0.2, 0) is 14.3 Å². The molecule has 0 radical (unpaired) electrons. The number of hydrogen-bond acceptors (Lipinski definition) is 7. The minimum atomic E-state index is -0.559. The van der Waals surface area contributed by atoms with Gasteiger partial charge in [-0.05, 0) is 66.7 Å². The molecule has 2 aromatic carbocycles. The highest BCUT2D eigenvalue weighted by Gasteiger charge is 2.24. The molecular weight excluding hydrogens is 463 g/mol. The number of nitrogens with one attached hydrogen (secondary N) is 1. The fourth-order valence-corrected chi connectivity index (χ4v) is 3.98. The molecule has 1 saturated heterocycles. The summed E-state index contributed by atoms with van der Waals surface area (Å²) in [5.74, 6) is 0.0738. The zero-order chi connectivity index (χ0) is 22.4. The van der Waals surface area contributed by atoms with Gasteiger partial charge in [0.15, 0.2) is 17.5 Å². The number of amides is 1. The summed E-state index contributed by atoms with van der Waals surface area (Å²) in [4.78, 5) is 28.4. The molecule has 162 valence electrons. The number of hydrogen-bond donors (Lipinski definition) is 1. The number of rotatable bonds is 7. The van der Waals surface area contributed by atoms with E-state index in [1.807, 2.05) is 19.1 Å². The molecule has 1 N–H and O–H groups in total. The number of amidine groups is 1. The molecule has 0 aliphatic carbocycles. The second-order valence-corrected chi connectivity index (χ2v) is 7.93. The summed E-state index contributed by atoms with van der Waals surface area (Å²) < 4.78 is 15.2. The first-order chi connectivity index (χ1) is 14.9. The van der Waals surface area contributed by atoms with Gasteiger partial charge in [-0.3, -0.25) is 4.79 Å². The van der Waals surface area contributed by atoms with Gasteiger partial charge >= 0.3 is 5.97 Å². The quantitative estimate of drug-likeness (QED) is 0.450. The van der Waals surface area contributed by atoms with Crippen molar-refractivity contribution < 1.29 is 23.8 Å². The summed E-state index contributed by atoms with van der Waals surface area (Å²) in [7, 11) is 1.25. The molecule has 1 heterocycles. The molecule has 0 atom stereocenters. The van der Waals surface area contributed by atoms with Crippen LogP contribution in [0.25, 0.3) is 6.08 Å². The Kier molecular flexibility index (Phi) is 7.84. The molecule has 0 unspecified atom stereocenters. The number of ether oxygens (including phenoxy) is 3. The molecule has 1 amide bonds. The van der Waals surface area contributed by atoms with Gasteiger partial charge in [0, 0.05) is 0 Å². The van der Waals surface area contributed by atoms with Crippen LogP contribution in [0.2, 0.25) is 10.0 Å². The second kappa shape index (κ2) is 10.6. The average Bonchev–Trinajstić information content (AvgIpc) is 3.07. The molecule has 7 nitrogen and oxygen atoms in total. The van der Waals surface area contributed by atoms with Crippen molar-refractivity contribution in [1.29, 1.82) is 0 Å². The van der Waals surface area contributed by atoms with Crippen molar-refractivity contribution in [2.75, 3.05) is 20.3 Å². The van der Waals surface area contributed by atoms with Crippen LogP contribution < -0.4 is 14.8 Å². The lowest BCUT2D eigenvalue weighted by molar-refractivity contribution is -0.142. The van der Waals surface area contributed by atoms with E-state index in [2.05, 4.69) is 15.0 Å². The largest absolute Gasteiger partial charge is 0.494 e. The van der Waals surface area contributed by atoms with Crippen molar-refractivity contribution in [1.82, 2.24) is 5.32 Å². The molecule has 1 aliphatic heterocycles. The van der Waals surface area contributed by atoms with Crippen LogP contribution in [0.15, 0.2) is 46.3 Å². The minimum Gasteiger partial charge on any atom is -0.494 e. The highest BCUT2D eigenvalue weighted by Crippen LogP contribution is 2.36. The number of benzene rings is 2. The SMILES string of the molecule is CCOc1ccc(N=C2NC(=O)/C(=C\c3cc(Cl)c(OCC(=O)OC)c(Cl)c3)S2)cc1. The van der Waals surface area contributed by atoms with Crippen molar-refractivity contribution in [3.63, 3.8) is 0 Å². The third-order valence-electron chi connectivity index (χ3n) is 3.91. The van der Waals surface area contributed by atoms with E-state index in [9.17, 15) is 9.59 Å². The van der Waals surface area contributed by atoms with E-state index in [1.54, 1.807) is 30.3 Å². The smallest absolute Gasteiger partial charge is 0.343 e. The number of methoxy groups -OCH3 is 1. The van der Waals surface area contributed by atoms with Crippen LogP contribution >= 0.6 is 35.0 Å². The van der Waals surface area contributed by atoms with Gasteiger partial charge in [-0.1, -0.05) is 23.2 Å². The molecule has 10 heteroatoms. The lowest BCUT2D eigenvalue weighted by Crippen LogP contribution is -2.19. The zero-order valence-corrected chi connectivity index (χ0v) is 18.9. The topological polar surface area (TPSA) is 86.2 Å². The van der Waals surface area contributed by atoms with E-state index in [0.29, 0.717) is 27.9 Å². The Morgan fingerprint density at radius 1 is 1.16 bits per heavy atom. The lowest BCUT2D eigenvalue weighted by Gasteiger charge is -2.10. The van der Waals surface area contributed by atoms with Gasteiger partial charge in [0.05, 0.1) is 34.4 Å². The predicted octanol–water partition coefficient (Wildman–Crippen LogP) is 4.84. The average molecular weight is 481 g/mol. The molecule has 0 aromatic heterocycles. The van der Waals surface area contributed by atoms with Gasteiger partial charge in [-0.25, -0.2) is 9.79 Å². The molecule has 1 fully saturated rings. The number of thioether (sulfide) groups is 1. The van der Waals surface area contributed by atoms with Crippen LogP contribution in [0.5, 0.6) is 11.5 Å². The van der Waals surface area contributed by atoms with Crippen molar-refractivity contribution in [3.8, 4) is 11.5 Å². The van der Waals surface area contributed by atoms with Gasteiger partial charge in [0.1, 0.15) is 5.75 Å². The molecule has 0 spiro atoms. The summed E-state index contributed by atoms with van der Waals surface area (Å²) in [6.07, 6.45) is 1.64. The summed E-state index contributed by atoms with van der Waals surface area (Å²) in [5, 5.41) is 3.59. The Hall–Kier alpha value is -2.68. The molecule has 31 heavy (non-hydrogen) atoms. The fourth-order valence-electron chi connectivity index (χ4n) is 2.52. The van der Waals surface area contributed by atoms with Gasteiger partial charge in [-0.2, -0.15) is 0 Å². The molecular formula is C21H18Cl2N2O5S. The van der Waals surface area contributed by atoms with Crippen LogP contribution in [0.4, 0.5) is 5.69 Å². The number of carbonyl (C=O) groups is 2. The Labute approximate surface area is 193 Å². The summed E-state index contributed by atoms with van der Waals surface area (Å²) in [6, 6.07) is 10.4. The number of carbonyl (C=O) groups excluding carboxylic acids is 2. The van der Waals surface area contributed by atoms with E-state index in [1.165, 1.54) is 18.9 Å². The predicted molar refractivity (Wildman–Crippen MR) is 122 cm³/mol. The van der Waals surface area contributed by atoms with Gasteiger partial charge in [0.2, 0.25) is 0 Å². The monoisotopic (exact) mass is 480 g/mol. The molecule has 3 rings (SSSR count). The van der Waals surface area contributed by atoms with E-state index in [4.69, 9.17) is 32.7 Å². The Morgan fingerprint density at radius 3 is 2.45 bits per heavy atom. The summed E-state index contributed by atoms with van der Waals surface area (Å²) in [5.41, 5.74) is 1.28. The Morgan fingerprint density at radius 2 is 1.84 bits per heavy atom. The van der Waals surface area contributed by atoms with Crippen LogP contribution in [0, 0.1) is 0 Å². The highest BCUT2D eigenvalue weighted by molar-refractivity contribution is 8.18. The highest BCUT2D eigenvalue weighted by atomic mass is 35.5. The van der Waals surface area contributed by atoms with E-state index in [-0.39, 0.29) is 28.3 Å².